The van der Waals surface area contributed by atoms with Gasteiger partial charge >= 0.3 is 70.8 Å². The first kappa shape index (κ1) is 64.6. The van der Waals surface area contributed by atoms with E-state index in [-0.39, 0.29) is 84.1 Å². The van der Waals surface area contributed by atoms with Crippen molar-refractivity contribution in [1.82, 2.24) is 9.55 Å². The predicted molar refractivity (Wildman–Crippen MR) is 238 cm³/mol. The van der Waals surface area contributed by atoms with Crippen LogP contribution in [0.5, 0.6) is 0 Å². The van der Waals surface area contributed by atoms with E-state index in [0.29, 0.717) is 13.0 Å². The molecule has 0 aliphatic carbocycles. The molecule has 0 aromatic carbocycles. The summed E-state index contributed by atoms with van der Waals surface area (Å²) < 4.78 is 57.4. The fraction of sp³-hybridized carbons (Fsp3) is 0.884. The topological polar surface area (TPSA) is 256 Å². The Labute approximate surface area is 431 Å². The summed E-state index contributed by atoms with van der Waals surface area (Å²) in [5.41, 5.74) is 7.81. The summed E-state index contributed by atoms with van der Waals surface area (Å²) in [7, 11) is -11.2. The molecule has 1 saturated heterocycles. The van der Waals surface area contributed by atoms with E-state index < -0.39 is 70.6 Å². The monoisotopic (exact) mass is 979 g/mol. The van der Waals surface area contributed by atoms with E-state index in [2.05, 4.69) is 33.2 Å². The van der Waals surface area contributed by atoms with Crippen molar-refractivity contribution in [2.75, 3.05) is 26.4 Å². The first-order valence-electron chi connectivity index (χ1n) is 23.7. The zero-order valence-electron chi connectivity index (χ0n) is 40.3. The maximum atomic E-state index is 12.8. The Morgan fingerprint density at radius 2 is 1.28 bits per heavy atom. The number of aromatic amines is 1. The average molecular weight is 980 g/mol. The number of phosphoric acid groups is 2. The van der Waals surface area contributed by atoms with Crippen LogP contribution in [0.25, 0.3) is 10.4 Å². The first-order chi connectivity index (χ1) is 30.3. The van der Waals surface area contributed by atoms with Crippen LogP contribution >= 0.6 is 15.6 Å². The fourth-order valence-corrected chi connectivity index (χ4v) is 9.48. The van der Waals surface area contributed by atoms with Crippen LogP contribution in [0, 0.1) is 6.92 Å². The number of H-pyrrole nitrogens is 1. The Morgan fingerprint density at radius 1 is 0.800 bits per heavy atom. The molecule has 65 heavy (non-hydrogen) atoms. The maximum absolute atomic E-state index is 12.8. The van der Waals surface area contributed by atoms with Crippen molar-refractivity contribution in [1.29, 1.82) is 0 Å². The second kappa shape index (κ2) is 39.4. The van der Waals surface area contributed by atoms with Gasteiger partial charge in [0.05, 0.1) is 32.0 Å². The van der Waals surface area contributed by atoms with Crippen molar-refractivity contribution in [3.8, 4) is 0 Å². The number of ether oxygens (including phenoxy) is 3. The van der Waals surface area contributed by atoms with Gasteiger partial charge in [0.1, 0.15) is 12.3 Å². The molecular formula is C43H77N5Na2O13P2. The minimum Gasteiger partial charge on any atom is -0.756 e. The molecule has 1 aromatic heterocycles. The molecule has 1 aliphatic rings. The van der Waals surface area contributed by atoms with Crippen molar-refractivity contribution in [2.24, 2.45) is 5.11 Å². The molecule has 1 aliphatic heterocycles. The third kappa shape index (κ3) is 31.5. The van der Waals surface area contributed by atoms with Gasteiger partial charge in [-0.15, -0.1) is 0 Å². The minimum atomic E-state index is -5.63. The van der Waals surface area contributed by atoms with E-state index in [4.69, 9.17) is 28.8 Å². The summed E-state index contributed by atoms with van der Waals surface area (Å²) in [6, 6.07) is -1.03. The molecule has 0 amide bonds. The van der Waals surface area contributed by atoms with E-state index in [1.807, 2.05) is 0 Å². The van der Waals surface area contributed by atoms with Crippen LogP contribution in [0.4, 0.5) is 0 Å². The van der Waals surface area contributed by atoms with Gasteiger partial charge < -0.3 is 33.0 Å². The molecule has 364 valence electrons. The van der Waals surface area contributed by atoms with Gasteiger partial charge in [-0.2, -0.15) is 0 Å². The number of rotatable bonds is 40. The summed E-state index contributed by atoms with van der Waals surface area (Å²) in [4.78, 5) is 67.2. The van der Waals surface area contributed by atoms with Crippen molar-refractivity contribution < 1.29 is 110 Å². The van der Waals surface area contributed by atoms with E-state index in [1.165, 1.54) is 122 Å². The number of phosphoric ester groups is 2. The molecule has 18 nitrogen and oxygen atoms in total. The van der Waals surface area contributed by atoms with Crippen LogP contribution in [0.1, 0.15) is 199 Å². The van der Waals surface area contributed by atoms with Gasteiger partial charge in [-0.1, -0.05) is 167 Å². The van der Waals surface area contributed by atoms with E-state index in [1.54, 1.807) is 0 Å². The van der Waals surface area contributed by atoms with Gasteiger partial charge in [-0.3, -0.25) is 28.3 Å². The number of hydrogen-bond acceptors (Lipinski definition) is 14. The largest absolute Gasteiger partial charge is 1.00 e. The summed E-state index contributed by atoms with van der Waals surface area (Å²) in [5, 5.41) is 3.58. The Balaban J connectivity index is 0.0000205. The molecular weight excluding hydrogens is 902 g/mol. The minimum absolute atomic E-state index is 0. The molecule has 22 heteroatoms. The molecule has 0 saturated carbocycles. The molecule has 1 N–H and O–H groups in total. The van der Waals surface area contributed by atoms with E-state index in [9.17, 15) is 33.3 Å². The number of hydrogen-bond donors (Lipinski definition) is 1. The number of aromatic nitrogens is 2. The number of azide groups is 1. The third-order valence-corrected chi connectivity index (χ3v) is 13.6. The molecule has 2 heterocycles. The third-order valence-electron chi connectivity index (χ3n) is 11.1. The zero-order chi connectivity index (χ0) is 46.2. The number of esters is 1. The van der Waals surface area contributed by atoms with Crippen LogP contribution in [0.2, 0.25) is 0 Å². The Bertz CT molecular complexity index is 1670. The molecule has 1 fully saturated rings. The average Bonchev–Trinajstić information content (AvgIpc) is 3.64. The number of carbonyl (C=O) groups excluding carboxylic acids is 1. The number of unbranched alkanes of at least 4 members (excludes halogenated alkanes) is 23. The standard InChI is InChI=1S/C43H79N5O13P2.2Na/c1-4-6-8-10-12-14-16-18-19-21-23-25-27-29-41(49)59-37(33-56-30-28-26-24-22-20-17-15-13-11-9-7-5-2)34-57-62(52,53)61-63(54,55)58-35-39-38(46-47-44)31-40(60-39)48-32-36(3)42(50)45-43(48)51;;/h32,37-40H,4-31,33-35H2,1-3H3,(H,52,53)(H,54,55)(H,45,50,51);;/q;2*+1/p-2/t37?,38-,39+,40+;;/m0../s1. The normalized spacial score (nSPS) is 18.1. The van der Waals surface area contributed by atoms with Gasteiger partial charge in [0.2, 0.25) is 0 Å². The summed E-state index contributed by atoms with van der Waals surface area (Å²) in [6.45, 7) is 4.49. The molecule has 0 bridgehead atoms. The second-order valence-corrected chi connectivity index (χ2v) is 19.7. The van der Waals surface area contributed by atoms with Gasteiger partial charge in [-0.25, -0.2) is 9.11 Å². The number of nitrogens with zero attached hydrogens (tertiary/aromatic N) is 4. The van der Waals surface area contributed by atoms with Crippen molar-refractivity contribution in [3.05, 3.63) is 43.0 Å². The molecule has 3 unspecified atom stereocenters. The smallest absolute Gasteiger partial charge is 0.756 e. The second-order valence-electron chi connectivity index (χ2n) is 16.8. The number of carbonyl (C=O) groups is 1. The van der Waals surface area contributed by atoms with E-state index >= 15 is 0 Å². The predicted octanol–water partition coefficient (Wildman–Crippen LogP) is 3.92. The first-order valence-corrected chi connectivity index (χ1v) is 26.6. The Hall–Kier alpha value is -0.360. The SMILES string of the molecule is CCCCCCCCCCCCCCCC(=O)OC(COCCCCCCCCCCCCCC)COP(=O)([O-])OP(=O)([O-])OC[C@H]1O[C@@H](n2cc(C)c(=O)[nH]c2=O)C[C@@H]1N=[N+]=[N-].[Na+].[Na+]. The van der Waals surface area contributed by atoms with Crippen LogP contribution in [-0.4, -0.2) is 60.2 Å². The van der Waals surface area contributed by atoms with E-state index in [0.717, 1.165) is 49.5 Å². The van der Waals surface area contributed by atoms with Gasteiger partial charge in [0, 0.05) is 36.1 Å². The summed E-state index contributed by atoms with van der Waals surface area (Å²) in [6.07, 6.45) is 26.9. The quantitative estimate of drug-likeness (QED) is 0.0186. The maximum Gasteiger partial charge on any atom is 1.00 e. The fourth-order valence-electron chi connectivity index (χ4n) is 7.44. The van der Waals surface area contributed by atoms with Crippen LogP contribution in [-0.2, 0) is 41.5 Å². The Kier molecular flexibility index (Phi) is 39.2. The van der Waals surface area contributed by atoms with Crippen LogP contribution in [0.3, 0.4) is 0 Å². The summed E-state index contributed by atoms with van der Waals surface area (Å²) in [5.74, 6) is -0.552. The van der Waals surface area contributed by atoms with Gasteiger partial charge in [-0.05, 0) is 25.3 Å². The summed E-state index contributed by atoms with van der Waals surface area (Å²) >= 11 is 0. The van der Waals surface area contributed by atoms with Crippen LogP contribution in [0.15, 0.2) is 20.9 Å². The molecule has 2 rings (SSSR count). The van der Waals surface area contributed by atoms with Crippen molar-refractivity contribution in [3.63, 3.8) is 0 Å². The molecule has 0 spiro atoms. The molecule has 6 atom stereocenters. The number of aryl methyl sites for hydroxylation is 1. The number of nitrogens with one attached hydrogen (secondary N) is 1. The molecule has 1 aromatic rings. The molecule has 0 radical (unpaired) electrons. The Morgan fingerprint density at radius 3 is 1.78 bits per heavy atom. The van der Waals surface area contributed by atoms with Crippen LogP contribution < -0.4 is 80.2 Å². The van der Waals surface area contributed by atoms with Gasteiger partial charge in [0.25, 0.3) is 21.2 Å². The zero-order valence-corrected chi connectivity index (χ0v) is 46.1. The van der Waals surface area contributed by atoms with Crippen molar-refractivity contribution >= 4 is 21.6 Å². The van der Waals surface area contributed by atoms with Crippen molar-refractivity contribution in [2.45, 2.75) is 219 Å². The van der Waals surface area contributed by atoms with Gasteiger partial charge in [0.15, 0.2) is 0 Å².